The number of pyridine rings is 1. The normalized spacial score (nSPS) is 12.2. The van der Waals surface area contributed by atoms with E-state index in [2.05, 4.69) is 40.0 Å². The molecule has 3 heterocycles. The number of benzene rings is 3. The van der Waals surface area contributed by atoms with Gasteiger partial charge in [-0.3, -0.25) is 4.79 Å². The van der Waals surface area contributed by atoms with Crippen molar-refractivity contribution in [3.63, 3.8) is 0 Å². The Labute approximate surface area is 219 Å². The molecule has 0 aliphatic carbocycles. The molecule has 3 aromatic carbocycles. The van der Waals surface area contributed by atoms with Crippen LogP contribution >= 0.6 is 11.6 Å². The predicted octanol–water partition coefficient (Wildman–Crippen LogP) is 6.09. The summed E-state index contributed by atoms with van der Waals surface area (Å²) in [5.41, 5.74) is 6.56. The Morgan fingerprint density at radius 3 is 2.43 bits per heavy atom. The number of hydrogen-bond donors (Lipinski definition) is 0. The first-order chi connectivity index (χ1) is 18.0. The fourth-order valence-electron chi connectivity index (χ4n) is 4.91. The van der Waals surface area contributed by atoms with E-state index in [0.717, 1.165) is 44.5 Å². The Morgan fingerprint density at radius 1 is 0.865 bits per heavy atom. The van der Waals surface area contributed by atoms with Crippen LogP contribution in [0.25, 0.3) is 33.3 Å². The molecule has 0 N–H and O–H groups in total. The molecular weight excluding hydrogens is 482 g/mol. The van der Waals surface area contributed by atoms with E-state index < -0.39 is 0 Å². The van der Waals surface area contributed by atoms with Crippen LogP contribution in [0.4, 0.5) is 0 Å². The second-order valence-electron chi connectivity index (χ2n) is 9.15. The van der Waals surface area contributed by atoms with Crippen LogP contribution in [0.5, 0.6) is 0 Å². The van der Waals surface area contributed by atoms with Gasteiger partial charge < -0.3 is 13.7 Å². The van der Waals surface area contributed by atoms with Crippen molar-refractivity contribution >= 4 is 22.5 Å². The summed E-state index contributed by atoms with van der Waals surface area (Å²) in [6.07, 6.45) is 7.62. The van der Waals surface area contributed by atoms with Gasteiger partial charge in [0.25, 0.3) is 5.56 Å². The van der Waals surface area contributed by atoms with Crippen molar-refractivity contribution in [3.8, 4) is 22.4 Å². The van der Waals surface area contributed by atoms with Gasteiger partial charge in [-0.15, -0.1) is 0 Å². The van der Waals surface area contributed by atoms with Crippen LogP contribution in [0.15, 0.2) is 109 Å². The summed E-state index contributed by atoms with van der Waals surface area (Å²) in [4.78, 5) is 21.9. The highest BCUT2D eigenvalue weighted by Gasteiger charge is 2.22. The van der Waals surface area contributed by atoms with E-state index in [4.69, 9.17) is 16.6 Å². The van der Waals surface area contributed by atoms with Gasteiger partial charge in [-0.1, -0.05) is 60.1 Å². The quantitative estimate of drug-likeness (QED) is 0.285. The van der Waals surface area contributed by atoms with Gasteiger partial charge in [0.15, 0.2) is 0 Å². The lowest BCUT2D eigenvalue weighted by atomic mass is 9.96. The summed E-state index contributed by atoms with van der Waals surface area (Å²) < 4.78 is 5.81. The van der Waals surface area contributed by atoms with E-state index in [9.17, 15) is 4.79 Å². The molecule has 3 aromatic heterocycles. The first kappa shape index (κ1) is 23.0. The van der Waals surface area contributed by atoms with Gasteiger partial charge in [0.1, 0.15) is 6.04 Å². The van der Waals surface area contributed by atoms with Crippen molar-refractivity contribution in [2.75, 3.05) is 0 Å². The summed E-state index contributed by atoms with van der Waals surface area (Å²) in [5, 5.41) is 1.60. The fraction of sp³-hybridized carbons (Fsp3) is 0.100. The number of aromatic nitrogens is 5. The molecule has 0 radical (unpaired) electrons. The van der Waals surface area contributed by atoms with Crippen LogP contribution in [0.3, 0.4) is 0 Å². The molecule has 0 spiro atoms. The minimum atomic E-state index is -0.175. The van der Waals surface area contributed by atoms with E-state index in [-0.39, 0.29) is 11.6 Å². The number of fused-ring (bicyclic) bond motifs is 1. The van der Waals surface area contributed by atoms with Crippen molar-refractivity contribution in [2.24, 2.45) is 14.1 Å². The van der Waals surface area contributed by atoms with Gasteiger partial charge in [0, 0.05) is 42.3 Å². The van der Waals surface area contributed by atoms with Crippen LogP contribution < -0.4 is 5.56 Å². The molecule has 0 amide bonds. The number of imidazole rings is 2. The summed E-state index contributed by atoms with van der Waals surface area (Å²) >= 11 is 6.31. The molecule has 182 valence electrons. The van der Waals surface area contributed by atoms with Crippen molar-refractivity contribution in [2.45, 2.75) is 6.04 Å². The van der Waals surface area contributed by atoms with Crippen LogP contribution in [0.2, 0.25) is 5.02 Å². The third-order valence-electron chi connectivity index (χ3n) is 6.83. The van der Waals surface area contributed by atoms with Gasteiger partial charge in [-0.05, 0) is 41.0 Å². The summed E-state index contributed by atoms with van der Waals surface area (Å²) in [7, 11) is 3.79. The second-order valence-corrected chi connectivity index (χ2v) is 9.58. The lowest BCUT2D eigenvalue weighted by Crippen LogP contribution is -2.17. The maximum atomic E-state index is 12.8. The van der Waals surface area contributed by atoms with E-state index in [1.54, 1.807) is 24.0 Å². The monoisotopic (exact) mass is 505 g/mol. The maximum Gasteiger partial charge on any atom is 0.251 e. The van der Waals surface area contributed by atoms with Gasteiger partial charge in [0.05, 0.1) is 35.8 Å². The first-order valence-corrected chi connectivity index (χ1v) is 12.3. The van der Waals surface area contributed by atoms with Gasteiger partial charge in [-0.2, -0.15) is 0 Å². The molecule has 37 heavy (non-hydrogen) atoms. The van der Waals surface area contributed by atoms with Gasteiger partial charge in [0.2, 0.25) is 0 Å². The third kappa shape index (κ3) is 4.15. The molecule has 0 saturated carbocycles. The lowest BCUT2D eigenvalue weighted by Gasteiger charge is -2.21. The van der Waals surface area contributed by atoms with E-state index in [1.807, 2.05) is 72.7 Å². The van der Waals surface area contributed by atoms with Crippen LogP contribution in [0, 0.1) is 0 Å². The molecule has 0 aliphatic rings. The third-order valence-corrected chi connectivity index (χ3v) is 7.06. The molecule has 6 nitrogen and oxygen atoms in total. The number of hydrogen-bond acceptors (Lipinski definition) is 3. The van der Waals surface area contributed by atoms with Crippen molar-refractivity contribution in [1.82, 2.24) is 23.7 Å². The fourth-order valence-corrected chi connectivity index (χ4v) is 5.10. The Kier molecular flexibility index (Phi) is 5.74. The van der Waals surface area contributed by atoms with Gasteiger partial charge in [-0.25, -0.2) is 9.97 Å². The van der Waals surface area contributed by atoms with Gasteiger partial charge >= 0.3 is 0 Å². The summed E-state index contributed by atoms with van der Waals surface area (Å²) in [5.74, 6) is 0. The SMILES string of the molecule is Cn1cncc1C(c1ccc2c(c1)c(-c1cccc(Cl)c1)cc(=O)n2C)n1cnc(-c2ccccc2)c1. The molecule has 1 unspecified atom stereocenters. The molecule has 1 atom stereocenters. The van der Waals surface area contributed by atoms with Crippen LogP contribution in [-0.4, -0.2) is 23.7 Å². The Hall–Kier alpha value is -4.42. The minimum Gasteiger partial charge on any atom is -0.336 e. The smallest absolute Gasteiger partial charge is 0.251 e. The maximum absolute atomic E-state index is 12.8. The zero-order valence-corrected chi connectivity index (χ0v) is 21.2. The number of rotatable bonds is 5. The topological polar surface area (TPSA) is 57.6 Å². The molecule has 0 fully saturated rings. The van der Waals surface area contributed by atoms with Crippen LogP contribution in [0.1, 0.15) is 17.3 Å². The molecule has 0 saturated heterocycles. The highest BCUT2D eigenvalue weighted by Crippen LogP contribution is 2.34. The average Bonchev–Trinajstić information content (AvgIpc) is 3.57. The first-order valence-electron chi connectivity index (χ1n) is 11.9. The predicted molar refractivity (Wildman–Crippen MR) is 148 cm³/mol. The summed E-state index contributed by atoms with van der Waals surface area (Å²) in [6, 6.07) is 25.5. The minimum absolute atomic E-state index is 0.0690. The number of halogens is 1. The van der Waals surface area contributed by atoms with Crippen molar-refractivity contribution < 1.29 is 0 Å². The molecule has 0 bridgehead atoms. The highest BCUT2D eigenvalue weighted by molar-refractivity contribution is 6.30. The molecule has 7 heteroatoms. The van der Waals surface area contributed by atoms with Crippen molar-refractivity contribution in [3.05, 3.63) is 131 Å². The van der Waals surface area contributed by atoms with Crippen LogP contribution in [-0.2, 0) is 14.1 Å². The summed E-state index contributed by atoms with van der Waals surface area (Å²) in [6.45, 7) is 0. The number of aryl methyl sites for hydroxylation is 2. The van der Waals surface area contributed by atoms with Crippen molar-refractivity contribution in [1.29, 1.82) is 0 Å². The molecular formula is C30H24ClN5O. The van der Waals surface area contributed by atoms with E-state index in [1.165, 1.54) is 0 Å². The lowest BCUT2D eigenvalue weighted by molar-refractivity contribution is 0.628. The zero-order chi connectivity index (χ0) is 25.5. The highest BCUT2D eigenvalue weighted by atomic mass is 35.5. The molecule has 6 rings (SSSR count). The molecule has 0 aliphatic heterocycles. The Balaban J connectivity index is 1.57. The Morgan fingerprint density at radius 2 is 1.68 bits per heavy atom. The van der Waals surface area contributed by atoms with E-state index in [0.29, 0.717) is 5.02 Å². The zero-order valence-electron chi connectivity index (χ0n) is 20.4. The number of nitrogens with zero attached hydrogens (tertiary/aromatic N) is 5. The molecule has 6 aromatic rings. The second kappa shape index (κ2) is 9.22. The standard InChI is InChI=1S/C30H24ClN5O/c1-34-18-32-16-28(34)30(36-17-26(33-19-36)20-7-4-3-5-8-20)22-11-12-27-25(14-22)24(15-29(37)35(27)2)21-9-6-10-23(31)13-21/h3-19,30H,1-2H3. The largest absolute Gasteiger partial charge is 0.336 e. The Bertz CT molecular complexity index is 1800. The average molecular weight is 506 g/mol. The van der Waals surface area contributed by atoms with E-state index >= 15 is 0 Å².